The molecule has 0 aliphatic heterocycles. The standard InChI is InChI=1S/C13H16F2O3/c1-9(8-12(16)17)2-3-10-4-6-11(7-5-10)18-13(14)15/h4-7,9,13H,2-3,8H2,1H3,(H,16,17). The number of hydrogen-bond donors (Lipinski definition) is 1. The predicted octanol–water partition coefficient (Wildman–Crippen LogP) is 3.33. The van der Waals surface area contributed by atoms with Crippen LogP contribution in [0.25, 0.3) is 0 Å². The Kier molecular flexibility index (Phi) is 5.55. The van der Waals surface area contributed by atoms with Gasteiger partial charge in [0.25, 0.3) is 0 Å². The van der Waals surface area contributed by atoms with E-state index in [9.17, 15) is 13.6 Å². The van der Waals surface area contributed by atoms with Crippen LogP contribution in [-0.2, 0) is 11.2 Å². The highest BCUT2D eigenvalue weighted by Crippen LogP contribution is 2.17. The topological polar surface area (TPSA) is 46.5 Å². The maximum Gasteiger partial charge on any atom is 0.387 e. The highest BCUT2D eigenvalue weighted by molar-refractivity contribution is 5.66. The Labute approximate surface area is 104 Å². The van der Waals surface area contributed by atoms with E-state index in [1.54, 1.807) is 12.1 Å². The molecule has 0 saturated heterocycles. The van der Waals surface area contributed by atoms with E-state index in [1.807, 2.05) is 6.92 Å². The molecule has 0 bridgehead atoms. The molecule has 1 unspecified atom stereocenters. The van der Waals surface area contributed by atoms with E-state index < -0.39 is 12.6 Å². The number of carboxylic acid groups (broad SMARTS) is 1. The van der Waals surface area contributed by atoms with Crippen LogP contribution in [0.2, 0.25) is 0 Å². The van der Waals surface area contributed by atoms with Gasteiger partial charge >= 0.3 is 12.6 Å². The van der Waals surface area contributed by atoms with E-state index in [-0.39, 0.29) is 18.1 Å². The molecule has 0 amide bonds. The van der Waals surface area contributed by atoms with Gasteiger partial charge in [0.1, 0.15) is 5.75 Å². The number of carboxylic acids is 1. The molecule has 0 heterocycles. The van der Waals surface area contributed by atoms with Gasteiger partial charge in [-0.05, 0) is 36.5 Å². The van der Waals surface area contributed by atoms with Crippen LogP contribution in [-0.4, -0.2) is 17.7 Å². The Hall–Kier alpha value is -1.65. The maximum absolute atomic E-state index is 11.9. The maximum atomic E-state index is 11.9. The van der Waals surface area contributed by atoms with E-state index in [0.29, 0.717) is 0 Å². The summed E-state index contributed by atoms with van der Waals surface area (Å²) in [6.45, 7) is -0.936. The van der Waals surface area contributed by atoms with Crippen molar-refractivity contribution in [2.24, 2.45) is 5.92 Å². The number of carbonyl (C=O) groups is 1. The number of aliphatic carboxylic acids is 1. The summed E-state index contributed by atoms with van der Waals surface area (Å²) in [4.78, 5) is 10.5. The lowest BCUT2D eigenvalue weighted by atomic mass is 9.98. The van der Waals surface area contributed by atoms with Crippen molar-refractivity contribution in [1.82, 2.24) is 0 Å². The molecule has 1 atom stereocenters. The molecule has 1 rings (SSSR count). The smallest absolute Gasteiger partial charge is 0.387 e. The minimum absolute atomic E-state index is 0.0968. The van der Waals surface area contributed by atoms with Gasteiger partial charge in [-0.3, -0.25) is 4.79 Å². The minimum atomic E-state index is -2.81. The first-order valence-electron chi connectivity index (χ1n) is 5.73. The summed E-state index contributed by atoms with van der Waals surface area (Å²) in [5.74, 6) is -0.574. The van der Waals surface area contributed by atoms with Gasteiger partial charge < -0.3 is 9.84 Å². The number of aryl methyl sites for hydroxylation is 1. The summed E-state index contributed by atoms with van der Waals surface area (Å²) in [5.41, 5.74) is 0.980. The third-order valence-electron chi connectivity index (χ3n) is 2.60. The highest BCUT2D eigenvalue weighted by Gasteiger charge is 2.08. The molecule has 0 saturated carbocycles. The Bertz CT molecular complexity index is 376. The third-order valence-corrected chi connectivity index (χ3v) is 2.60. The van der Waals surface area contributed by atoms with Crippen LogP contribution >= 0.6 is 0 Å². The molecule has 1 aromatic carbocycles. The van der Waals surface area contributed by atoms with Crippen molar-refractivity contribution in [2.45, 2.75) is 32.8 Å². The highest BCUT2D eigenvalue weighted by atomic mass is 19.3. The number of alkyl halides is 2. The van der Waals surface area contributed by atoms with Crippen LogP contribution in [0, 0.1) is 5.92 Å². The fourth-order valence-corrected chi connectivity index (χ4v) is 1.65. The lowest BCUT2D eigenvalue weighted by Gasteiger charge is -2.09. The third kappa shape index (κ3) is 5.61. The van der Waals surface area contributed by atoms with E-state index >= 15 is 0 Å². The molecule has 100 valence electrons. The van der Waals surface area contributed by atoms with Gasteiger partial charge in [0.2, 0.25) is 0 Å². The van der Waals surface area contributed by atoms with Crippen molar-refractivity contribution >= 4 is 5.97 Å². The van der Waals surface area contributed by atoms with Crippen molar-refractivity contribution in [3.05, 3.63) is 29.8 Å². The first kappa shape index (κ1) is 14.4. The molecular formula is C13H16F2O3. The Balaban J connectivity index is 2.41. The van der Waals surface area contributed by atoms with Gasteiger partial charge in [-0.2, -0.15) is 8.78 Å². The SMILES string of the molecule is CC(CCc1ccc(OC(F)F)cc1)CC(=O)O. The zero-order chi connectivity index (χ0) is 13.5. The van der Waals surface area contributed by atoms with Gasteiger partial charge in [-0.15, -0.1) is 0 Å². The molecule has 0 aromatic heterocycles. The van der Waals surface area contributed by atoms with Gasteiger partial charge in [0.15, 0.2) is 0 Å². The Morgan fingerprint density at radius 3 is 2.44 bits per heavy atom. The average Bonchev–Trinajstić information content (AvgIpc) is 2.26. The van der Waals surface area contributed by atoms with Crippen LogP contribution in [0.15, 0.2) is 24.3 Å². The number of benzene rings is 1. The summed E-state index contributed by atoms with van der Waals surface area (Å²) in [7, 11) is 0. The van der Waals surface area contributed by atoms with E-state index in [1.165, 1.54) is 12.1 Å². The van der Waals surface area contributed by atoms with Crippen molar-refractivity contribution in [1.29, 1.82) is 0 Å². The molecule has 1 N–H and O–H groups in total. The van der Waals surface area contributed by atoms with Crippen LogP contribution in [0.1, 0.15) is 25.3 Å². The van der Waals surface area contributed by atoms with Gasteiger partial charge in [0.05, 0.1) is 0 Å². The molecule has 0 fully saturated rings. The average molecular weight is 258 g/mol. The molecule has 0 aliphatic carbocycles. The van der Waals surface area contributed by atoms with Crippen LogP contribution in [0.4, 0.5) is 8.78 Å². The summed E-state index contributed by atoms with van der Waals surface area (Å²) < 4.78 is 28.1. The zero-order valence-corrected chi connectivity index (χ0v) is 10.1. The molecule has 0 aliphatic rings. The second kappa shape index (κ2) is 6.93. The zero-order valence-electron chi connectivity index (χ0n) is 10.1. The van der Waals surface area contributed by atoms with Crippen molar-refractivity contribution in [3.63, 3.8) is 0 Å². The molecule has 0 radical (unpaired) electrons. The molecule has 5 heteroatoms. The summed E-state index contributed by atoms with van der Waals surface area (Å²) in [6, 6.07) is 6.41. The Morgan fingerprint density at radius 2 is 1.94 bits per heavy atom. The summed E-state index contributed by atoms with van der Waals surface area (Å²) >= 11 is 0. The van der Waals surface area contributed by atoms with Gasteiger partial charge in [-0.25, -0.2) is 0 Å². The van der Waals surface area contributed by atoms with Gasteiger partial charge in [0, 0.05) is 6.42 Å². The van der Waals surface area contributed by atoms with Crippen molar-refractivity contribution in [2.75, 3.05) is 0 Å². The Morgan fingerprint density at radius 1 is 1.33 bits per heavy atom. The van der Waals surface area contributed by atoms with Crippen LogP contribution in [0.5, 0.6) is 5.75 Å². The monoisotopic (exact) mass is 258 g/mol. The van der Waals surface area contributed by atoms with E-state index in [2.05, 4.69) is 4.74 Å². The number of hydrogen-bond acceptors (Lipinski definition) is 2. The number of rotatable bonds is 7. The molecule has 0 spiro atoms. The molecular weight excluding hydrogens is 242 g/mol. The van der Waals surface area contributed by atoms with E-state index in [4.69, 9.17) is 5.11 Å². The second-order valence-corrected chi connectivity index (χ2v) is 4.26. The van der Waals surface area contributed by atoms with Gasteiger partial charge in [-0.1, -0.05) is 19.1 Å². The minimum Gasteiger partial charge on any atom is -0.481 e. The van der Waals surface area contributed by atoms with Crippen LogP contribution in [0.3, 0.4) is 0 Å². The fourth-order valence-electron chi connectivity index (χ4n) is 1.65. The van der Waals surface area contributed by atoms with E-state index in [0.717, 1.165) is 18.4 Å². The molecule has 18 heavy (non-hydrogen) atoms. The predicted molar refractivity (Wildman–Crippen MR) is 62.8 cm³/mol. The quantitative estimate of drug-likeness (QED) is 0.816. The first-order chi connectivity index (χ1) is 8.47. The summed E-state index contributed by atoms with van der Waals surface area (Å²) in [6.07, 6.45) is 1.62. The largest absolute Gasteiger partial charge is 0.481 e. The summed E-state index contributed by atoms with van der Waals surface area (Å²) in [5, 5.41) is 8.61. The number of halogens is 2. The van der Waals surface area contributed by atoms with Crippen LogP contribution < -0.4 is 4.74 Å². The van der Waals surface area contributed by atoms with Crippen molar-refractivity contribution in [3.8, 4) is 5.75 Å². The first-order valence-corrected chi connectivity index (χ1v) is 5.73. The second-order valence-electron chi connectivity index (χ2n) is 4.26. The fraction of sp³-hybridized carbons (Fsp3) is 0.462. The number of ether oxygens (including phenoxy) is 1. The lowest BCUT2D eigenvalue weighted by molar-refractivity contribution is -0.138. The molecule has 1 aromatic rings. The lowest BCUT2D eigenvalue weighted by Crippen LogP contribution is -2.05. The molecule has 3 nitrogen and oxygen atoms in total. The van der Waals surface area contributed by atoms with Crippen molar-refractivity contribution < 1.29 is 23.4 Å². The normalized spacial score (nSPS) is 12.4.